The lowest BCUT2D eigenvalue weighted by Gasteiger charge is -2.21. The van der Waals surface area contributed by atoms with E-state index in [1.54, 1.807) is 4.90 Å². The van der Waals surface area contributed by atoms with Gasteiger partial charge in [0.05, 0.1) is 17.6 Å². The van der Waals surface area contributed by atoms with E-state index in [-0.39, 0.29) is 42.6 Å². The molecule has 0 radical (unpaired) electrons. The van der Waals surface area contributed by atoms with Crippen molar-refractivity contribution >= 4 is 32.7 Å². The molecule has 2 amide bonds. The standard InChI is InChI=1S/C30H32FN5O5S/c1-18-22(7-10-26(27(18)31)42(4,39)40)30(38)36-13-14-41-25-9-6-19(15-21(25)17-36)20-5-8-23-24(16-20)34-28(33-23)29(37)32-11-12-35(2)3/h5-10,15-16H,11-14,17H2,1-4H3,(H,32,37)(H,33,34). The summed E-state index contributed by atoms with van der Waals surface area (Å²) >= 11 is 0. The Morgan fingerprint density at radius 2 is 1.86 bits per heavy atom. The molecular weight excluding hydrogens is 561 g/mol. The van der Waals surface area contributed by atoms with Crippen LogP contribution in [0.5, 0.6) is 5.75 Å². The van der Waals surface area contributed by atoms with E-state index in [1.165, 1.54) is 13.0 Å². The average molecular weight is 594 g/mol. The van der Waals surface area contributed by atoms with Crippen molar-refractivity contribution in [2.24, 2.45) is 0 Å². The van der Waals surface area contributed by atoms with Crippen LogP contribution in [0.2, 0.25) is 0 Å². The molecule has 1 aromatic heterocycles. The highest BCUT2D eigenvalue weighted by molar-refractivity contribution is 7.90. The summed E-state index contributed by atoms with van der Waals surface area (Å²) in [5, 5.41) is 2.85. The number of halogens is 1. The molecule has 2 heterocycles. The number of aromatic nitrogens is 2. The van der Waals surface area contributed by atoms with Gasteiger partial charge < -0.3 is 24.8 Å². The predicted molar refractivity (Wildman–Crippen MR) is 157 cm³/mol. The van der Waals surface area contributed by atoms with Gasteiger partial charge in [-0.15, -0.1) is 0 Å². The molecule has 0 aliphatic carbocycles. The van der Waals surface area contributed by atoms with Gasteiger partial charge in [-0.2, -0.15) is 0 Å². The Kier molecular flexibility index (Phi) is 8.02. The number of aromatic amines is 1. The van der Waals surface area contributed by atoms with E-state index in [4.69, 9.17) is 4.74 Å². The maximum absolute atomic E-state index is 14.9. The fourth-order valence-corrected chi connectivity index (χ4v) is 5.66. The molecular formula is C30H32FN5O5S. The van der Waals surface area contributed by atoms with Gasteiger partial charge in [-0.3, -0.25) is 9.59 Å². The third kappa shape index (κ3) is 6.00. The van der Waals surface area contributed by atoms with E-state index in [0.29, 0.717) is 29.9 Å². The number of carbonyl (C=O) groups excluding carboxylic acids is 2. The van der Waals surface area contributed by atoms with Crippen molar-refractivity contribution in [1.29, 1.82) is 0 Å². The summed E-state index contributed by atoms with van der Waals surface area (Å²) in [6.07, 6.45) is 0.931. The third-order valence-corrected chi connectivity index (χ3v) is 8.30. The molecule has 0 bridgehead atoms. The Labute approximate surface area is 243 Å². The minimum Gasteiger partial charge on any atom is -0.491 e. The number of hydrogen-bond acceptors (Lipinski definition) is 7. The van der Waals surface area contributed by atoms with Crippen LogP contribution in [0.4, 0.5) is 4.39 Å². The Hall–Kier alpha value is -4.29. The zero-order valence-electron chi connectivity index (χ0n) is 23.8. The first-order valence-corrected chi connectivity index (χ1v) is 15.3. The summed E-state index contributed by atoms with van der Waals surface area (Å²) in [7, 11) is 0.0940. The zero-order chi connectivity index (χ0) is 30.2. The molecule has 42 heavy (non-hydrogen) atoms. The lowest BCUT2D eigenvalue weighted by molar-refractivity contribution is 0.0731. The highest BCUT2D eigenvalue weighted by atomic mass is 32.2. The molecule has 0 spiro atoms. The van der Waals surface area contributed by atoms with Crippen molar-refractivity contribution in [2.75, 3.05) is 46.6 Å². The lowest BCUT2D eigenvalue weighted by Crippen LogP contribution is -2.33. The lowest BCUT2D eigenvalue weighted by atomic mass is 10.0. The minimum atomic E-state index is -3.77. The van der Waals surface area contributed by atoms with Crippen molar-refractivity contribution in [3.63, 3.8) is 0 Å². The number of benzene rings is 3. The Morgan fingerprint density at radius 3 is 2.60 bits per heavy atom. The second-order valence-electron chi connectivity index (χ2n) is 10.6. The molecule has 12 heteroatoms. The molecule has 0 saturated heterocycles. The number of amides is 2. The largest absolute Gasteiger partial charge is 0.491 e. The molecule has 0 atom stereocenters. The second-order valence-corrected chi connectivity index (χ2v) is 12.6. The highest BCUT2D eigenvalue weighted by Gasteiger charge is 2.26. The summed E-state index contributed by atoms with van der Waals surface area (Å²) in [6, 6.07) is 13.9. The molecule has 4 aromatic rings. The normalized spacial score (nSPS) is 13.5. The smallest absolute Gasteiger partial charge is 0.287 e. The number of fused-ring (bicyclic) bond motifs is 2. The van der Waals surface area contributed by atoms with Gasteiger partial charge in [0.25, 0.3) is 11.8 Å². The van der Waals surface area contributed by atoms with Crippen molar-refractivity contribution in [1.82, 2.24) is 25.1 Å². The number of likely N-dealkylation sites (N-methyl/N-ethyl adjacent to an activating group) is 1. The van der Waals surface area contributed by atoms with Gasteiger partial charge in [0.2, 0.25) is 0 Å². The third-order valence-electron chi connectivity index (χ3n) is 7.18. The predicted octanol–water partition coefficient (Wildman–Crippen LogP) is 3.41. The van der Waals surface area contributed by atoms with Crippen LogP contribution >= 0.6 is 0 Å². The van der Waals surface area contributed by atoms with Crippen LogP contribution in [0.1, 0.15) is 32.1 Å². The van der Waals surface area contributed by atoms with E-state index in [1.807, 2.05) is 55.4 Å². The topological polar surface area (TPSA) is 125 Å². The van der Waals surface area contributed by atoms with Gasteiger partial charge in [-0.1, -0.05) is 12.1 Å². The van der Waals surface area contributed by atoms with Crippen molar-refractivity contribution < 1.29 is 27.1 Å². The number of nitrogens with one attached hydrogen (secondary N) is 2. The summed E-state index contributed by atoms with van der Waals surface area (Å²) in [5.74, 6) is -0.725. The highest BCUT2D eigenvalue weighted by Crippen LogP contribution is 2.32. The minimum absolute atomic E-state index is 0.0133. The van der Waals surface area contributed by atoms with Crippen LogP contribution in [0.3, 0.4) is 0 Å². The molecule has 0 saturated carbocycles. The number of carbonyl (C=O) groups is 2. The summed E-state index contributed by atoms with van der Waals surface area (Å²) in [6.45, 7) is 3.37. The first-order chi connectivity index (χ1) is 19.9. The quantitative estimate of drug-likeness (QED) is 0.337. The number of ether oxygens (including phenoxy) is 1. The Balaban J connectivity index is 1.39. The molecule has 5 rings (SSSR count). The molecule has 2 N–H and O–H groups in total. The maximum atomic E-state index is 14.9. The van der Waals surface area contributed by atoms with Crippen LogP contribution in [0.15, 0.2) is 53.4 Å². The number of sulfone groups is 1. The van der Waals surface area contributed by atoms with Crippen molar-refractivity contribution in [2.45, 2.75) is 18.4 Å². The van der Waals surface area contributed by atoms with Crippen LogP contribution in [0.25, 0.3) is 22.2 Å². The number of imidazole rings is 1. The van der Waals surface area contributed by atoms with Crippen LogP contribution in [-0.4, -0.2) is 86.6 Å². The van der Waals surface area contributed by atoms with Crippen LogP contribution < -0.4 is 10.1 Å². The number of hydrogen-bond donors (Lipinski definition) is 2. The van der Waals surface area contributed by atoms with E-state index in [0.717, 1.165) is 29.0 Å². The van der Waals surface area contributed by atoms with Crippen LogP contribution in [0, 0.1) is 12.7 Å². The Morgan fingerprint density at radius 1 is 1.12 bits per heavy atom. The molecule has 0 fully saturated rings. The van der Waals surface area contributed by atoms with E-state index >= 15 is 0 Å². The zero-order valence-corrected chi connectivity index (χ0v) is 24.6. The fourth-order valence-electron chi connectivity index (χ4n) is 4.87. The molecule has 1 aliphatic rings. The van der Waals surface area contributed by atoms with Gasteiger partial charge in [-0.25, -0.2) is 17.8 Å². The molecule has 1 aliphatic heterocycles. The van der Waals surface area contributed by atoms with Crippen molar-refractivity contribution in [3.05, 3.63) is 76.9 Å². The molecule has 10 nitrogen and oxygen atoms in total. The average Bonchev–Trinajstić information content (AvgIpc) is 3.25. The summed E-state index contributed by atoms with van der Waals surface area (Å²) < 4.78 is 44.6. The van der Waals surface area contributed by atoms with E-state index < -0.39 is 26.5 Å². The van der Waals surface area contributed by atoms with Gasteiger partial charge in [-0.05, 0) is 74.1 Å². The molecule has 3 aromatic carbocycles. The van der Waals surface area contributed by atoms with Crippen LogP contribution in [-0.2, 0) is 16.4 Å². The maximum Gasteiger partial charge on any atom is 0.287 e. The van der Waals surface area contributed by atoms with Gasteiger partial charge in [0.15, 0.2) is 15.7 Å². The van der Waals surface area contributed by atoms with Gasteiger partial charge in [0, 0.05) is 37.0 Å². The van der Waals surface area contributed by atoms with E-state index in [9.17, 15) is 22.4 Å². The monoisotopic (exact) mass is 593 g/mol. The molecule has 220 valence electrons. The summed E-state index contributed by atoms with van der Waals surface area (Å²) in [5.41, 5.74) is 3.99. The summed E-state index contributed by atoms with van der Waals surface area (Å²) in [4.78, 5) is 36.6. The first kappa shape index (κ1) is 29.2. The fraction of sp³-hybridized carbons (Fsp3) is 0.300. The van der Waals surface area contributed by atoms with Gasteiger partial charge in [0.1, 0.15) is 23.1 Å². The van der Waals surface area contributed by atoms with Gasteiger partial charge >= 0.3 is 0 Å². The molecule has 0 unspecified atom stereocenters. The first-order valence-electron chi connectivity index (χ1n) is 13.4. The second kappa shape index (κ2) is 11.5. The van der Waals surface area contributed by atoms with Crippen molar-refractivity contribution in [3.8, 4) is 16.9 Å². The number of nitrogens with zero attached hydrogens (tertiary/aromatic N) is 3. The number of rotatable bonds is 7. The van der Waals surface area contributed by atoms with E-state index in [2.05, 4.69) is 15.3 Å². The number of H-pyrrole nitrogens is 1. The SMILES string of the molecule is Cc1c(C(=O)N2CCOc3ccc(-c4ccc5nc(C(=O)NCCN(C)C)[nH]c5c4)cc3C2)ccc(S(C)(=O)=O)c1F. The Bertz CT molecular complexity index is 1800.